The summed E-state index contributed by atoms with van der Waals surface area (Å²) in [6.45, 7) is 3.40. The van der Waals surface area contributed by atoms with Crippen molar-refractivity contribution >= 4 is 22.5 Å². The molecule has 0 bridgehead atoms. The maximum Gasteiger partial charge on any atom is 0.434 e. The molecule has 6 aromatic rings. The fourth-order valence-corrected chi connectivity index (χ4v) is 5.06. The quantitative estimate of drug-likeness (QED) is 0.303. The van der Waals surface area contributed by atoms with Gasteiger partial charge in [0.25, 0.3) is 11.5 Å². The van der Waals surface area contributed by atoms with E-state index in [0.29, 0.717) is 21.7 Å². The minimum Gasteiger partial charge on any atom is -0.342 e. The molecule has 13 heteroatoms. The van der Waals surface area contributed by atoms with Gasteiger partial charge in [0.05, 0.1) is 40.1 Å². The van der Waals surface area contributed by atoms with Gasteiger partial charge >= 0.3 is 6.18 Å². The lowest BCUT2D eigenvalue weighted by atomic mass is 10.1. The minimum absolute atomic E-state index is 0.117. The summed E-state index contributed by atoms with van der Waals surface area (Å²) in [7, 11) is 1.18. The zero-order valence-corrected chi connectivity index (χ0v) is 23.6. The minimum atomic E-state index is -4.66. The summed E-state index contributed by atoms with van der Waals surface area (Å²) >= 11 is 0. The second kappa shape index (κ2) is 10.8. The molecular formula is C31H23F3N8O2. The Morgan fingerprint density at radius 3 is 2.52 bits per heavy atom. The van der Waals surface area contributed by atoms with Crippen molar-refractivity contribution in [3.63, 3.8) is 0 Å². The summed E-state index contributed by atoms with van der Waals surface area (Å²) in [6, 6.07) is 14.4. The molecule has 220 valence electrons. The van der Waals surface area contributed by atoms with Crippen LogP contribution in [-0.2, 0) is 13.2 Å². The largest absolute Gasteiger partial charge is 0.434 e. The van der Waals surface area contributed by atoms with Crippen molar-refractivity contribution in [2.75, 3.05) is 0 Å². The number of benzene rings is 2. The zero-order chi connectivity index (χ0) is 31.2. The first-order valence-electron chi connectivity index (χ1n) is 13.4. The molecule has 10 nitrogen and oxygen atoms in total. The van der Waals surface area contributed by atoms with E-state index in [2.05, 4.69) is 32.3 Å². The third-order valence-corrected chi connectivity index (χ3v) is 7.01. The number of aryl methyl sites for hydroxylation is 2. The highest BCUT2D eigenvalue weighted by atomic mass is 19.4. The molecule has 4 aromatic heterocycles. The van der Waals surface area contributed by atoms with Crippen LogP contribution in [0.2, 0.25) is 0 Å². The van der Waals surface area contributed by atoms with Crippen molar-refractivity contribution in [1.82, 2.24) is 39.2 Å². The molecule has 0 aliphatic heterocycles. The van der Waals surface area contributed by atoms with Gasteiger partial charge in [0.15, 0.2) is 11.3 Å². The van der Waals surface area contributed by atoms with Crippen LogP contribution in [0.15, 0.2) is 78.0 Å². The number of fused-ring (bicyclic) bond motifs is 2. The Kier molecular flexibility index (Phi) is 6.97. The number of nitrogens with one attached hydrogen (secondary N) is 1. The average Bonchev–Trinajstić information content (AvgIpc) is 3.54. The van der Waals surface area contributed by atoms with Crippen molar-refractivity contribution < 1.29 is 18.0 Å². The summed E-state index contributed by atoms with van der Waals surface area (Å²) in [5.74, 6) is 5.05. The van der Waals surface area contributed by atoms with Crippen LogP contribution in [0, 0.1) is 18.8 Å². The molecule has 0 unspecified atom stereocenters. The number of para-hydroxylation sites is 1. The Morgan fingerprint density at radius 1 is 1.02 bits per heavy atom. The molecule has 1 amide bonds. The third-order valence-electron chi connectivity index (χ3n) is 7.01. The fraction of sp³-hybridized carbons (Fsp3) is 0.161. The van der Waals surface area contributed by atoms with Gasteiger partial charge in [-0.25, -0.2) is 14.5 Å². The van der Waals surface area contributed by atoms with Crippen molar-refractivity contribution in [2.24, 2.45) is 7.05 Å². The molecule has 1 atom stereocenters. The lowest BCUT2D eigenvalue weighted by Gasteiger charge is -2.20. The van der Waals surface area contributed by atoms with E-state index < -0.39 is 29.4 Å². The number of alkyl halides is 3. The molecule has 4 heterocycles. The Morgan fingerprint density at radius 2 is 1.77 bits per heavy atom. The molecule has 44 heavy (non-hydrogen) atoms. The second-order valence-electron chi connectivity index (χ2n) is 9.97. The standard InChI is InChI=1S/C31H23F3N8O2/c1-18-24(28-35-15-8-16-41(28)39-18)29(43)37-19(2)27-38-23-12-7-9-20(13-14-21-17-36-40(3)26(21)31(32,33)34)25(23)30(44)42(27)22-10-5-4-6-11-22/h4-12,15-17,19H,1-3H3,(H,37,43)/t19-/m0/s1. The summed E-state index contributed by atoms with van der Waals surface area (Å²) in [4.78, 5) is 36.7. The third kappa shape index (κ3) is 4.96. The van der Waals surface area contributed by atoms with E-state index >= 15 is 0 Å². The number of hydrogen-bond donors (Lipinski definition) is 1. The summed E-state index contributed by atoms with van der Waals surface area (Å²) in [5, 5.41) is 11.1. The van der Waals surface area contributed by atoms with E-state index in [9.17, 15) is 22.8 Å². The van der Waals surface area contributed by atoms with Crippen LogP contribution < -0.4 is 10.9 Å². The first-order valence-corrected chi connectivity index (χ1v) is 13.4. The van der Waals surface area contributed by atoms with Gasteiger partial charge in [-0.05, 0) is 44.2 Å². The van der Waals surface area contributed by atoms with E-state index in [1.807, 2.05) is 0 Å². The van der Waals surface area contributed by atoms with Crippen LogP contribution in [0.4, 0.5) is 13.2 Å². The van der Waals surface area contributed by atoms with Gasteiger partial charge in [0.2, 0.25) is 0 Å². The number of hydrogen-bond acceptors (Lipinski definition) is 6. The van der Waals surface area contributed by atoms with Gasteiger partial charge in [-0.1, -0.05) is 36.1 Å². The van der Waals surface area contributed by atoms with Gasteiger partial charge in [-0.3, -0.25) is 18.8 Å². The highest BCUT2D eigenvalue weighted by Crippen LogP contribution is 2.31. The molecule has 0 aliphatic rings. The molecular weight excluding hydrogens is 573 g/mol. The second-order valence-corrected chi connectivity index (χ2v) is 9.97. The van der Waals surface area contributed by atoms with Crippen LogP contribution in [0.25, 0.3) is 22.2 Å². The average molecular weight is 597 g/mol. The van der Waals surface area contributed by atoms with Gasteiger partial charge in [0.1, 0.15) is 11.4 Å². The summed E-state index contributed by atoms with van der Waals surface area (Å²) in [5.41, 5.74) is 0.270. The molecule has 0 saturated heterocycles. The Balaban J connectivity index is 1.48. The maximum atomic E-state index is 14.2. The Bertz CT molecular complexity index is 2190. The maximum absolute atomic E-state index is 14.2. The van der Waals surface area contributed by atoms with E-state index in [1.54, 1.807) is 80.8 Å². The van der Waals surface area contributed by atoms with Crippen molar-refractivity contribution in [3.05, 3.63) is 117 Å². The smallest absolute Gasteiger partial charge is 0.342 e. The monoisotopic (exact) mass is 596 g/mol. The number of amides is 1. The molecule has 2 aromatic carbocycles. The van der Waals surface area contributed by atoms with E-state index in [0.717, 1.165) is 6.20 Å². The molecule has 0 saturated carbocycles. The summed E-state index contributed by atoms with van der Waals surface area (Å²) < 4.78 is 44.4. The van der Waals surface area contributed by atoms with Crippen LogP contribution in [0.5, 0.6) is 0 Å². The molecule has 0 fully saturated rings. The Hall–Kier alpha value is -5.77. The number of halogens is 3. The van der Waals surface area contributed by atoms with E-state index in [4.69, 9.17) is 4.98 Å². The predicted molar refractivity (Wildman–Crippen MR) is 155 cm³/mol. The van der Waals surface area contributed by atoms with Crippen LogP contribution >= 0.6 is 0 Å². The predicted octanol–water partition coefficient (Wildman–Crippen LogP) is 4.38. The number of carbonyl (C=O) groups excluding carboxylic acids is 1. The fourth-order valence-electron chi connectivity index (χ4n) is 5.06. The molecule has 0 aliphatic carbocycles. The summed E-state index contributed by atoms with van der Waals surface area (Å²) in [6.07, 6.45) is -0.381. The van der Waals surface area contributed by atoms with E-state index in [-0.39, 0.29) is 33.4 Å². The van der Waals surface area contributed by atoms with Crippen LogP contribution in [0.3, 0.4) is 0 Å². The highest BCUT2D eigenvalue weighted by molar-refractivity contribution is 6.01. The first kappa shape index (κ1) is 28.4. The number of carbonyl (C=O) groups is 1. The molecule has 1 N–H and O–H groups in total. The zero-order valence-electron chi connectivity index (χ0n) is 23.6. The van der Waals surface area contributed by atoms with Crippen molar-refractivity contribution in [1.29, 1.82) is 0 Å². The van der Waals surface area contributed by atoms with Gasteiger partial charge < -0.3 is 5.32 Å². The van der Waals surface area contributed by atoms with Crippen molar-refractivity contribution in [2.45, 2.75) is 26.1 Å². The van der Waals surface area contributed by atoms with Crippen LogP contribution in [-0.4, -0.2) is 39.8 Å². The lowest BCUT2D eigenvalue weighted by Crippen LogP contribution is -2.33. The van der Waals surface area contributed by atoms with E-state index in [1.165, 1.54) is 16.1 Å². The van der Waals surface area contributed by atoms with Gasteiger partial charge in [-0.2, -0.15) is 23.4 Å². The number of aromatic nitrogens is 7. The topological polar surface area (TPSA) is 112 Å². The Labute approximate surface area is 247 Å². The molecule has 0 radical (unpaired) electrons. The first-order chi connectivity index (χ1) is 21.0. The van der Waals surface area contributed by atoms with Gasteiger partial charge in [0, 0.05) is 25.0 Å². The SMILES string of the molecule is Cc1nn2cccnc2c1C(=O)N[C@@H](C)c1nc2cccc(C#Cc3cnn(C)c3C(F)(F)F)c2c(=O)n1-c1ccccc1. The van der Waals surface area contributed by atoms with Crippen molar-refractivity contribution in [3.8, 4) is 17.5 Å². The number of rotatable bonds is 4. The number of nitrogens with zero attached hydrogens (tertiary/aromatic N) is 7. The molecule has 6 rings (SSSR count). The van der Waals surface area contributed by atoms with Crippen LogP contribution in [0.1, 0.15) is 51.7 Å². The molecule has 0 spiro atoms. The van der Waals surface area contributed by atoms with Gasteiger partial charge in [-0.15, -0.1) is 0 Å². The normalized spacial score (nSPS) is 12.2. The highest BCUT2D eigenvalue weighted by Gasteiger charge is 2.37. The lowest BCUT2D eigenvalue weighted by molar-refractivity contribution is -0.143.